The molecule has 0 radical (unpaired) electrons. The second-order valence-corrected chi connectivity index (χ2v) is 8.81. The zero-order valence-electron chi connectivity index (χ0n) is 20.0. The van der Waals surface area contributed by atoms with Gasteiger partial charge in [0.2, 0.25) is 5.82 Å². The van der Waals surface area contributed by atoms with Crippen molar-refractivity contribution in [3.05, 3.63) is 96.2 Å². The summed E-state index contributed by atoms with van der Waals surface area (Å²) in [4.78, 5) is 15.9. The van der Waals surface area contributed by atoms with E-state index in [0.717, 1.165) is 52.3 Å². The van der Waals surface area contributed by atoms with Gasteiger partial charge >= 0.3 is 0 Å². The minimum absolute atomic E-state index is 0.416. The molecule has 2 aromatic carbocycles. The quantitative estimate of drug-likeness (QED) is 0.338. The van der Waals surface area contributed by atoms with Crippen LogP contribution < -0.4 is 0 Å². The molecule has 4 aromatic rings. The first kappa shape index (κ1) is 23.4. The molecule has 3 heterocycles. The van der Waals surface area contributed by atoms with E-state index in [9.17, 15) is 10.0 Å². The second kappa shape index (κ2) is 10.1. The number of hydrogen-bond acceptors (Lipinski definition) is 7. The lowest BCUT2D eigenvalue weighted by molar-refractivity contribution is -0.126. The summed E-state index contributed by atoms with van der Waals surface area (Å²) in [6.45, 7) is 2.70. The maximum atomic E-state index is 11.3. The Balaban J connectivity index is 1.43. The Morgan fingerprint density at radius 2 is 1.92 bits per heavy atom. The van der Waals surface area contributed by atoms with Gasteiger partial charge in [-0.05, 0) is 34.4 Å². The SMILES string of the molecule is CCCCC1(c2nccn2Cc2ccc(-c3ccccc3-c3nn[nH]n3)cc2)C=CC(C=O)=CN1O. The lowest BCUT2D eigenvalue weighted by Crippen LogP contribution is -2.43. The van der Waals surface area contributed by atoms with Crippen LogP contribution in [-0.2, 0) is 16.9 Å². The molecule has 36 heavy (non-hydrogen) atoms. The third-order valence-corrected chi connectivity index (χ3v) is 6.51. The smallest absolute Gasteiger partial charge is 0.205 e. The van der Waals surface area contributed by atoms with Crippen LogP contribution in [0.5, 0.6) is 0 Å². The van der Waals surface area contributed by atoms with Crippen LogP contribution in [0.3, 0.4) is 0 Å². The molecule has 1 aliphatic rings. The van der Waals surface area contributed by atoms with E-state index in [-0.39, 0.29) is 0 Å². The number of imidazole rings is 1. The number of nitrogens with zero attached hydrogens (tertiary/aromatic N) is 6. The number of hydrogen-bond donors (Lipinski definition) is 2. The Bertz CT molecular complexity index is 1390. The van der Waals surface area contributed by atoms with E-state index in [2.05, 4.69) is 56.8 Å². The van der Waals surface area contributed by atoms with Crippen molar-refractivity contribution in [3.8, 4) is 22.5 Å². The van der Waals surface area contributed by atoms with Crippen molar-refractivity contribution in [1.82, 2.24) is 35.2 Å². The number of allylic oxidation sites excluding steroid dienone is 2. The van der Waals surface area contributed by atoms with Crippen LogP contribution in [-0.4, -0.2) is 46.7 Å². The van der Waals surface area contributed by atoms with E-state index in [0.29, 0.717) is 24.4 Å². The minimum atomic E-state index is -0.838. The lowest BCUT2D eigenvalue weighted by atomic mass is 9.88. The Hall–Kier alpha value is -4.37. The summed E-state index contributed by atoms with van der Waals surface area (Å²) in [5.41, 5.74) is 3.65. The van der Waals surface area contributed by atoms with Gasteiger partial charge in [0.1, 0.15) is 11.4 Å². The molecule has 2 N–H and O–H groups in total. The van der Waals surface area contributed by atoms with Crippen molar-refractivity contribution < 1.29 is 10.0 Å². The van der Waals surface area contributed by atoms with Gasteiger partial charge in [0.05, 0.1) is 0 Å². The Morgan fingerprint density at radius 1 is 1.11 bits per heavy atom. The van der Waals surface area contributed by atoms with E-state index in [1.165, 1.54) is 6.20 Å². The first-order chi connectivity index (χ1) is 17.6. The van der Waals surface area contributed by atoms with E-state index >= 15 is 0 Å². The molecule has 2 aromatic heterocycles. The predicted molar refractivity (Wildman–Crippen MR) is 134 cm³/mol. The largest absolute Gasteiger partial charge is 0.328 e. The van der Waals surface area contributed by atoms with Gasteiger partial charge in [-0.25, -0.2) is 10.0 Å². The molecular weight excluding hydrogens is 454 g/mol. The monoisotopic (exact) mass is 481 g/mol. The number of unbranched alkanes of at least 4 members (excludes halogenated alkanes) is 1. The molecule has 1 unspecified atom stereocenters. The van der Waals surface area contributed by atoms with Crippen LogP contribution in [0.4, 0.5) is 0 Å². The second-order valence-electron chi connectivity index (χ2n) is 8.81. The van der Waals surface area contributed by atoms with Gasteiger partial charge in [-0.15, -0.1) is 10.2 Å². The minimum Gasteiger partial charge on any atom is -0.328 e. The predicted octanol–water partition coefficient (Wildman–Crippen LogP) is 4.51. The standard InChI is InChI=1S/C27H27N7O2/c1-2-3-13-27(14-12-21(19-35)18-34(27)36)26-28-15-16-33(26)17-20-8-10-22(11-9-20)23-6-4-5-7-24(23)25-29-31-32-30-25/h4-12,14-16,18-19,36H,2-3,13,17H2,1H3,(H,29,30,31,32). The molecule has 0 spiro atoms. The Labute approximate surface area is 208 Å². The number of aldehydes is 1. The van der Waals surface area contributed by atoms with Crippen molar-refractivity contribution in [2.75, 3.05) is 0 Å². The van der Waals surface area contributed by atoms with Gasteiger partial charge in [-0.3, -0.25) is 10.0 Å². The first-order valence-corrected chi connectivity index (χ1v) is 11.9. The van der Waals surface area contributed by atoms with Crippen LogP contribution in [0.1, 0.15) is 37.6 Å². The fourth-order valence-corrected chi connectivity index (χ4v) is 4.62. The number of H-pyrrole nitrogens is 1. The van der Waals surface area contributed by atoms with Crippen molar-refractivity contribution in [3.63, 3.8) is 0 Å². The van der Waals surface area contributed by atoms with Crippen LogP contribution in [0.2, 0.25) is 0 Å². The first-order valence-electron chi connectivity index (χ1n) is 11.9. The van der Waals surface area contributed by atoms with Crippen LogP contribution in [0, 0.1) is 0 Å². The molecule has 0 aliphatic carbocycles. The number of nitrogens with one attached hydrogen (secondary N) is 1. The normalized spacial score (nSPS) is 17.3. The fraction of sp³-hybridized carbons (Fsp3) is 0.222. The van der Waals surface area contributed by atoms with E-state index in [4.69, 9.17) is 0 Å². The van der Waals surface area contributed by atoms with E-state index in [1.807, 2.05) is 41.1 Å². The van der Waals surface area contributed by atoms with Crippen LogP contribution in [0.15, 0.2) is 84.8 Å². The van der Waals surface area contributed by atoms with E-state index in [1.54, 1.807) is 12.3 Å². The summed E-state index contributed by atoms with van der Waals surface area (Å²) >= 11 is 0. The lowest BCUT2D eigenvalue weighted by Gasteiger charge is -2.39. The molecule has 0 bridgehead atoms. The number of aromatic nitrogens is 6. The molecule has 0 saturated carbocycles. The molecule has 1 atom stereocenters. The Kier molecular flexibility index (Phi) is 6.55. The zero-order chi connectivity index (χ0) is 25.0. The summed E-state index contributed by atoms with van der Waals surface area (Å²) in [6.07, 6.45) is 12.0. The average Bonchev–Trinajstić information content (AvgIpc) is 3.62. The highest BCUT2D eigenvalue weighted by Crippen LogP contribution is 2.37. The van der Waals surface area contributed by atoms with Gasteiger partial charge in [-0.1, -0.05) is 74.4 Å². The third-order valence-electron chi connectivity index (χ3n) is 6.51. The number of carbonyl (C=O) groups is 1. The molecule has 0 amide bonds. The topological polar surface area (TPSA) is 113 Å². The average molecular weight is 482 g/mol. The Morgan fingerprint density at radius 3 is 2.61 bits per heavy atom. The highest BCUT2D eigenvalue weighted by molar-refractivity contribution is 5.80. The van der Waals surface area contributed by atoms with Crippen molar-refractivity contribution in [1.29, 1.82) is 0 Å². The number of tetrazole rings is 1. The molecule has 5 rings (SSSR count). The molecule has 0 saturated heterocycles. The molecule has 9 heteroatoms. The molecule has 0 fully saturated rings. The van der Waals surface area contributed by atoms with Gasteiger partial charge in [0.15, 0.2) is 6.29 Å². The maximum Gasteiger partial charge on any atom is 0.205 e. The highest BCUT2D eigenvalue weighted by atomic mass is 16.5. The number of aromatic amines is 1. The fourth-order valence-electron chi connectivity index (χ4n) is 4.62. The highest BCUT2D eigenvalue weighted by Gasteiger charge is 2.40. The maximum absolute atomic E-state index is 11.3. The number of carbonyl (C=O) groups excluding carboxylic acids is 1. The van der Waals surface area contributed by atoms with Crippen molar-refractivity contribution in [2.24, 2.45) is 0 Å². The van der Waals surface area contributed by atoms with Crippen molar-refractivity contribution in [2.45, 2.75) is 38.3 Å². The van der Waals surface area contributed by atoms with Crippen LogP contribution >= 0.6 is 0 Å². The van der Waals surface area contributed by atoms with Gasteiger partial charge in [0.25, 0.3) is 0 Å². The number of benzene rings is 2. The van der Waals surface area contributed by atoms with Gasteiger partial charge < -0.3 is 4.57 Å². The molecule has 1 aliphatic heterocycles. The zero-order valence-corrected chi connectivity index (χ0v) is 20.0. The number of hydroxylamine groups is 2. The summed E-state index contributed by atoms with van der Waals surface area (Å²) in [5, 5.41) is 26.5. The third kappa shape index (κ3) is 4.36. The molecule has 182 valence electrons. The molecular formula is C27H27N7O2. The van der Waals surface area contributed by atoms with E-state index < -0.39 is 5.54 Å². The summed E-state index contributed by atoms with van der Waals surface area (Å²) in [6, 6.07) is 16.3. The van der Waals surface area contributed by atoms with Gasteiger partial charge in [-0.2, -0.15) is 5.21 Å². The summed E-state index contributed by atoms with van der Waals surface area (Å²) < 4.78 is 2.05. The summed E-state index contributed by atoms with van der Waals surface area (Å²) in [5.74, 6) is 1.28. The number of rotatable bonds is 9. The van der Waals surface area contributed by atoms with Crippen molar-refractivity contribution >= 4 is 6.29 Å². The molecule has 9 nitrogen and oxygen atoms in total. The van der Waals surface area contributed by atoms with Gasteiger partial charge in [0, 0.05) is 36.3 Å². The summed E-state index contributed by atoms with van der Waals surface area (Å²) in [7, 11) is 0. The van der Waals surface area contributed by atoms with Crippen LogP contribution in [0.25, 0.3) is 22.5 Å².